The Balaban J connectivity index is 4.21. The van der Waals surface area contributed by atoms with Crippen LogP contribution < -0.4 is 0 Å². The molecule has 0 fully saturated rings. The maximum atomic E-state index is 11.4. The van der Waals surface area contributed by atoms with Gasteiger partial charge in [-0.1, -0.05) is 19.8 Å². The van der Waals surface area contributed by atoms with Gasteiger partial charge >= 0.3 is 5.97 Å². The Morgan fingerprint density at radius 2 is 1.94 bits per heavy atom. The Bertz CT molecular complexity index is 241. The number of hydrogen-bond acceptors (Lipinski definition) is 4. The highest BCUT2D eigenvalue weighted by atomic mass is 16.5. The van der Waals surface area contributed by atoms with Crippen molar-refractivity contribution in [3.05, 3.63) is 11.3 Å². The molecule has 0 aliphatic heterocycles. The lowest BCUT2D eigenvalue weighted by atomic mass is 10.2. The number of ether oxygens (including phenoxy) is 1. The van der Waals surface area contributed by atoms with Gasteiger partial charge in [0.15, 0.2) is 0 Å². The summed E-state index contributed by atoms with van der Waals surface area (Å²) >= 11 is 0. The summed E-state index contributed by atoms with van der Waals surface area (Å²) in [5, 5.41) is 18.2. The molecule has 0 spiro atoms. The van der Waals surface area contributed by atoms with E-state index in [1.807, 2.05) is 0 Å². The van der Waals surface area contributed by atoms with E-state index in [-0.39, 0.29) is 11.7 Å². The molecule has 0 amide bonds. The minimum absolute atomic E-state index is 0.170. The molecule has 94 valence electrons. The van der Waals surface area contributed by atoms with Crippen LogP contribution in [0.2, 0.25) is 0 Å². The van der Waals surface area contributed by atoms with Crippen LogP contribution in [0.25, 0.3) is 0 Å². The second-order valence-electron chi connectivity index (χ2n) is 3.99. The molecular formula is C12H22O4. The summed E-state index contributed by atoms with van der Waals surface area (Å²) in [6.45, 7) is 5.08. The zero-order valence-electron chi connectivity index (χ0n) is 10.3. The van der Waals surface area contributed by atoms with Gasteiger partial charge in [-0.3, -0.25) is 4.79 Å². The van der Waals surface area contributed by atoms with Crippen LogP contribution in [0.15, 0.2) is 11.3 Å². The molecule has 2 N–H and O–H groups in total. The number of hydrogen-bond donors (Lipinski definition) is 2. The van der Waals surface area contributed by atoms with Crippen molar-refractivity contribution in [2.75, 3.05) is 6.61 Å². The van der Waals surface area contributed by atoms with Gasteiger partial charge in [-0.2, -0.15) is 0 Å². The first-order valence-corrected chi connectivity index (χ1v) is 5.69. The summed E-state index contributed by atoms with van der Waals surface area (Å²) < 4.78 is 5.04. The molecule has 4 nitrogen and oxygen atoms in total. The molecule has 0 rings (SSSR count). The largest absolute Gasteiger partial charge is 0.428 e. The number of aliphatic hydroxyl groups is 2. The third kappa shape index (κ3) is 5.88. The lowest BCUT2D eigenvalue weighted by molar-refractivity contribution is -0.141. The third-order valence-corrected chi connectivity index (χ3v) is 2.18. The molecule has 0 saturated heterocycles. The summed E-state index contributed by atoms with van der Waals surface area (Å²) in [4.78, 5) is 11.4. The van der Waals surface area contributed by atoms with Gasteiger partial charge in [0.2, 0.25) is 0 Å². The molecular weight excluding hydrogens is 208 g/mol. The van der Waals surface area contributed by atoms with Crippen molar-refractivity contribution < 1.29 is 19.7 Å². The van der Waals surface area contributed by atoms with Crippen molar-refractivity contribution in [3.8, 4) is 0 Å². The number of carbonyl (C=O) groups is 1. The molecule has 0 bridgehead atoms. The average Bonchev–Trinajstić information content (AvgIpc) is 2.25. The topological polar surface area (TPSA) is 66.8 Å². The lowest BCUT2D eigenvalue weighted by Crippen LogP contribution is -2.21. The smallest absolute Gasteiger partial charge is 0.310 e. The number of allylic oxidation sites excluding steroid dienone is 1. The molecule has 1 unspecified atom stereocenters. The predicted octanol–water partition coefficient (Wildman–Crippen LogP) is 1.76. The predicted molar refractivity (Wildman–Crippen MR) is 61.7 cm³/mol. The minimum Gasteiger partial charge on any atom is -0.428 e. The molecule has 0 aromatic rings. The molecule has 1 atom stereocenters. The highest BCUT2D eigenvalue weighted by Gasteiger charge is 2.16. The molecule has 0 radical (unpaired) electrons. The van der Waals surface area contributed by atoms with Crippen molar-refractivity contribution in [3.63, 3.8) is 0 Å². The minimum atomic E-state index is -1.11. The molecule has 0 aliphatic rings. The molecule has 4 heteroatoms. The monoisotopic (exact) mass is 230 g/mol. The van der Waals surface area contributed by atoms with Crippen LogP contribution in [0.3, 0.4) is 0 Å². The van der Waals surface area contributed by atoms with Crippen LogP contribution in [0, 0.1) is 0 Å². The van der Waals surface area contributed by atoms with Gasteiger partial charge in [0.1, 0.15) is 11.9 Å². The first kappa shape index (κ1) is 15.1. The molecule has 0 aromatic carbocycles. The second kappa shape index (κ2) is 8.30. The highest BCUT2D eigenvalue weighted by molar-refractivity contribution is 5.70. The summed E-state index contributed by atoms with van der Waals surface area (Å²) in [5.74, 6) is -0.179. The van der Waals surface area contributed by atoms with Crippen molar-refractivity contribution in [2.24, 2.45) is 0 Å². The van der Waals surface area contributed by atoms with Crippen molar-refractivity contribution >= 4 is 5.97 Å². The SMILES string of the molecule is CCCCCC(=O)OC(=C(C)C)C(O)CO. The number of carbonyl (C=O) groups excluding carboxylic acids is 1. The zero-order valence-corrected chi connectivity index (χ0v) is 10.3. The maximum Gasteiger partial charge on any atom is 0.310 e. The van der Waals surface area contributed by atoms with E-state index in [2.05, 4.69) is 6.92 Å². The van der Waals surface area contributed by atoms with Crippen molar-refractivity contribution in [1.82, 2.24) is 0 Å². The van der Waals surface area contributed by atoms with E-state index in [0.29, 0.717) is 12.0 Å². The van der Waals surface area contributed by atoms with Crippen molar-refractivity contribution in [1.29, 1.82) is 0 Å². The summed E-state index contributed by atoms with van der Waals surface area (Å²) in [6, 6.07) is 0. The Labute approximate surface area is 96.9 Å². The summed E-state index contributed by atoms with van der Waals surface area (Å²) in [7, 11) is 0. The van der Waals surface area contributed by atoms with Crippen LogP contribution in [-0.2, 0) is 9.53 Å². The fourth-order valence-corrected chi connectivity index (χ4v) is 1.28. The Hall–Kier alpha value is -0.870. The molecule has 0 saturated carbocycles. The van der Waals surface area contributed by atoms with Gasteiger partial charge in [-0.25, -0.2) is 0 Å². The van der Waals surface area contributed by atoms with E-state index in [9.17, 15) is 9.90 Å². The van der Waals surface area contributed by atoms with Crippen molar-refractivity contribution in [2.45, 2.75) is 52.6 Å². The summed E-state index contributed by atoms with van der Waals surface area (Å²) in [5.41, 5.74) is 0.699. The molecule has 0 aromatic heterocycles. The van der Waals surface area contributed by atoms with Gasteiger partial charge < -0.3 is 14.9 Å². The Morgan fingerprint density at radius 3 is 2.38 bits per heavy atom. The Kier molecular flexibility index (Phi) is 7.85. The van der Waals surface area contributed by atoms with E-state index >= 15 is 0 Å². The Morgan fingerprint density at radius 1 is 1.31 bits per heavy atom. The van der Waals surface area contributed by atoms with Crippen LogP contribution in [0.4, 0.5) is 0 Å². The van der Waals surface area contributed by atoms with Gasteiger partial charge in [-0.05, 0) is 25.8 Å². The van der Waals surface area contributed by atoms with Gasteiger partial charge in [-0.15, -0.1) is 0 Å². The fourth-order valence-electron chi connectivity index (χ4n) is 1.28. The normalized spacial score (nSPS) is 12.1. The number of unbranched alkanes of at least 4 members (excludes halogenated alkanes) is 2. The summed E-state index contributed by atoms with van der Waals surface area (Å²) in [6.07, 6.45) is 2.06. The third-order valence-electron chi connectivity index (χ3n) is 2.18. The van der Waals surface area contributed by atoms with Gasteiger partial charge in [0, 0.05) is 6.42 Å². The maximum absolute atomic E-state index is 11.4. The standard InChI is InChI=1S/C12H22O4/c1-4-5-6-7-11(15)16-12(9(2)3)10(14)8-13/h10,13-14H,4-8H2,1-3H3. The number of esters is 1. The fraction of sp³-hybridized carbons (Fsp3) is 0.750. The molecule has 16 heavy (non-hydrogen) atoms. The quantitative estimate of drug-likeness (QED) is 0.397. The zero-order chi connectivity index (χ0) is 12.6. The molecule has 0 heterocycles. The highest BCUT2D eigenvalue weighted by Crippen LogP contribution is 2.13. The van der Waals surface area contributed by atoms with Crippen LogP contribution in [-0.4, -0.2) is 28.9 Å². The van der Waals surface area contributed by atoms with Crippen LogP contribution in [0.1, 0.15) is 46.5 Å². The van der Waals surface area contributed by atoms with Crippen LogP contribution >= 0.6 is 0 Å². The van der Waals surface area contributed by atoms with E-state index in [1.165, 1.54) is 0 Å². The first-order valence-electron chi connectivity index (χ1n) is 5.69. The van der Waals surface area contributed by atoms with E-state index in [0.717, 1.165) is 19.3 Å². The van der Waals surface area contributed by atoms with E-state index in [1.54, 1.807) is 13.8 Å². The molecule has 0 aliphatic carbocycles. The lowest BCUT2D eigenvalue weighted by Gasteiger charge is -2.14. The van der Waals surface area contributed by atoms with Gasteiger partial charge in [0.25, 0.3) is 0 Å². The second-order valence-corrected chi connectivity index (χ2v) is 3.99. The van der Waals surface area contributed by atoms with Crippen LogP contribution in [0.5, 0.6) is 0 Å². The van der Waals surface area contributed by atoms with Gasteiger partial charge in [0.05, 0.1) is 6.61 Å². The van der Waals surface area contributed by atoms with E-state index < -0.39 is 12.7 Å². The van der Waals surface area contributed by atoms with E-state index in [4.69, 9.17) is 9.84 Å². The number of aliphatic hydroxyl groups excluding tert-OH is 2. The number of rotatable bonds is 7. The average molecular weight is 230 g/mol. The first-order chi connectivity index (χ1) is 7.52.